The molecule has 0 radical (unpaired) electrons. The minimum atomic E-state index is 0.610. The molecule has 0 aliphatic heterocycles. The number of nitrogens with zero attached hydrogens (tertiary/aromatic N) is 2. The van der Waals surface area contributed by atoms with Crippen molar-refractivity contribution in [1.29, 1.82) is 5.26 Å². The fourth-order valence-electron chi connectivity index (χ4n) is 2.91. The van der Waals surface area contributed by atoms with Crippen LogP contribution in [-0.4, -0.2) is 4.57 Å². The molecule has 0 atom stereocenters. The molecular weight excluding hydrogens is 280 g/mol. The first-order valence-electron chi connectivity index (χ1n) is 7.54. The van der Waals surface area contributed by atoms with Gasteiger partial charge >= 0.3 is 0 Å². The maximum absolute atomic E-state index is 9.41. The van der Waals surface area contributed by atoms with Gasteiger partial charge in [-0.3, -0.25) is 0 Å². The zero-order valence-corrected chi connectivity index (χ0v) is 13.4. The van der Waals surface area contributed by atoms with Gasteiger partial charge in [-0.25, -0.2) is 0 Å². The Morgan fingerprint density at radius 3 is 2.39 bits per heavy atom. The molecule has 1 heterocycles. The molecule has 1 aromatic heterocycles. The van der Waals surface area contributed by atoms with Crippen molar-refractivity contribution in [3.05, 3.63) is 77.9 Å². The predicted molar refractivity (Wildman–Crippen MR) is 96.8 cm³/mol. The van der Waals surface area contributed by atoms with E-state index in [0.717, 1.165) is 33.3 Å². The number of allylic oxidation sites excluding steroid dienone is 2. The SMILES string of the molecule is C=C(C)/C(C#N)=C/c1c(-c2ccccc2)n(C)c2ccccc12. The molecule has 0 bridgehead atoms. The van der Waals surface area contributed by atoms with Gasteiger partial charge in [-0.1, -0.05) is 55.1 Å². The number of aromatic nitrogens is 1. The number of fused-ring (bicyclic) bond motifs is 1. The van der Waals surface area contributed by atoms with Crippen LogP contribution in [0.4, 0.5) is 0 Å². The lowest BCUT2D eigenvalue weighted by Crippen LogP contribution is -1.92. The Morgan fingerprint density at radius 1 is 1.09 bits per heavy atom. The zero-order valence-electron chi connectivity index (χ0n) is 13.4. The van der Waals surface area contributed by atoms with Crippen molar-refractivity contribution in [2.75, 3.05) is 0 Å². The zero-order chi connectivity index (χ0) is 16.4. The van der Waals surface area contributed by atoms with E-state index >= 15 is 0 Å². The van der Waals surface area contributed by atoms with Gasteiger partial charge in [-0.2, -0.15) is 5.26 Å². The van der Waals surface area contributed by atoms with Crippen molar-refractivity contribution in [3.8, 4) is 17.3 Å². The summed E-state index contributed by atoms with van der Waals surface area (Å²) < 4.78 is 2.18. The molecule has 0 unspecified atom stereocenters. The summed E-state index contributed by atoms with van der Waals surface area (Å²) in [5.41, 5.74) is 5.85. The minimum Gasteiger partial charge on any atom is -0.343 e. The maximum atomic E-state index is 9.41. The van der Waals surface area contributed by atoms with Crippen LogP contribution in [0.5, 0.6) is 0 Å². The Bertz CT molecular complexity index is 951. The van der Waals surface area contributed by atoms with Crippen LogP contribution in [0.3, 0.4) is 0 Å². The molecule has 0 fully saturated rings. The molecule has 0 amide bonds. The third kappa shape index (κ3) is 2.58. The summed E-state index contributed by atoms with van der Waals surface area (Å²) >= 11 is 0. The first-order chi connectivity index (χ1) is 11.1. The fourth-order valence-corrected chi connectivity index (χ4v) is 2.91. The molecule has 0 aliphatic rings. The number of benzene rings is 2. The Morgan fingerprint density at radius 2 is 1.74 bits per heavy atom. The monoisotopic (exact) mass is 298 g/mol. The van der Waals surface area contributed by atoms with Crippen LogP contribution in [-0.2, 0) is 7.05 Å². The van der Waals surface area contributed by atoms with Crippen molar-refractivity contribution >= 4 is 17.0 Å². The second-order valence-electron chi connectivity index (χ2n) is 5.65. The molecule has 2 nitrogen and oxygen atoms in total. The molecular formula is C21H18N2. The number of aryl methyl sites for hydroxylation is 1. The molecule has 23 heavy (non-hydrogen) atoms. The molecule has 3 aromatic rings. The van der Waals surface area contributed by atoms with Gasteiger partial charge in [-0.05, 0) is 30.2 Å². The lowest BCUT2D eigenvalue weighted by Gasteiger charge is -2.07. The van der Waals surface area contributed by atoms with Crippen LogP contribution in [0.25, 0.3) is 28.2 Å². The normalized spacial score (nSPS) is 11.4. The lowest BCUT2D eigenvalue weighted by atomic mass is 10.0. The van der Waals surface area contributed by atoms with Crippen LogP contribution in [0.2, 0.25) is 0 Å². The summed E-state index contributed by atoms with van der Waals surface area (Å²) in [7, 11) is 2.06. The van der Waals surface area contributed by atoms with Crippen molar-refractivity contribution < 1.29 is 0 Å². The van der Waals surface area contributed by atoms with Crippen LogP contribution in [0.1, 0.15) is 12.5 Å². The van der Waals surface area contributed by atoms with Gasteiger partial charge in [0.15, 0.2) is 0 Å². The molecule has 3 rings (SSSR count). The highest BCUT2D eigenvalue weighted by molar-refractivity contribution is 5.98. The second-order valence-corrected chi connectivity index (χ2v) is 5.65. The lowest BCUT2D eigenvalue weighted by molar-refractivity contribution is 0.977. The molecule has 2 aromatic carbocycles. The largest absolute Gasteiger partial charge is 0.343 e. The number of rotatable bonds is 3. The van der Waals surface area contributed by atoms with Crippen LogP contribution < -0.4 is 0 Å². The summed E-state index contributed by atoms with van der Waals surface area (Å²) in [5, 5.41) is 10.6. The van der Waals surface area contributed by atoms with Gasteiger partial charge in [0.25, 0.3) is 0 Å². The van der Waals surface area contributed by atoms with Gasteiger partial charge in [0, 0.05) is 23.5 Å². The Hall–Kier alpha value is -3.05. The van der Waals surface area contributed by atoms with Crippen molar-refractivity contribution in [2.24, 2.45) is 7.05 Å². The summed E-state index contributed by atoms with van der Waals surface area (Å²) in [6.07, 6.45) is 1.95. The van der Waals surface area contributed by atoms with Crippen LogP contribution in [0.15, 0.2) is 72.3 Å². The standard InChI is InChI=1S/C21H18N2/c1-15(2)17(14-22)13-19-18-11-7-8-12-20(18)23(3)21(19)16-9-5-4-6-10-16/h4-13H,1H2,2-3H3/b17-13+. The Labute approximate surface area is 136 Å². The number of hydrogen-bond donors (Lipinski definition) is 0. The maximum Gasteiger partial charge on any atom is 0.0994 e. The Balaban J connectivity index is 2.40. The molecule has 112 valence electrons. The first-order valence-corrected chi connectivity index (χ1v) is 7.54. The topological polar surface area (TPSA) is 28.7 Å². The quantitative estimate of drug-likeness (QED) is 0.474. The van der Waals surface area contributed by atoms with E-state index in [2.05, 4.69) is 48.5 Å². The van der Waals surface area contributed by atoms with E-state index in [1.54, 1.807) is 0 Å². The van der Waals surface area contributed by atoms with Gasteiger partial charge in [0.2, 0.25) is 0 Å². The average Bonchev–Trinajstić information content (AvgIpc) is 2.85. The summed E-state index contributed by atoms with van der Waals surface area (Å²) in [5.74, 6) is 0. The second kappa shape index (κ2) is 5.98. The highest BCUT2D eigenvalue weighted by Gasteiger charge is 2.15. The van der Waals surface area contributed by atoms with Gasteiger partial charge < -0.3 is 4.57 Å². The molecule has 0 saturated carbocycles. The van der Waals surface area contributed by atoms with Crippen molar-refractivity contribution in [3.63, 3.8) is 0 Å². The van der Waals surface area contributed by atoms with E-state index in [-0.39, 0.29) is 0 Å². The third-order valence-corrected chi connectivity index (χ3v) is 4.06. The fraction of sp³-hybridized carbons (Fsp3) is 0.0952. The number of hydrogen-bond acceptors (Lipinski definition) is 1. The van der Waals surface area contributed by atoms with Crippen LogP contribution >= 0.6 is 0 Å². The smallest absolute Gasteiger partial charge is 0.0994 e. The van der Waals surface area contributed by atoms with Gasteiger partial charge in [0.1, 0.15) is 0 Å². The van der Waals surface area contributed by atoms with E-state index in [0.29, 0.717) is 5.57 Å². The van der Waals surface area contributed by atoms with Crippen LogP contribution in [0, 0.1) is 11.3 Å². The summed E-state index contributed by atoms with van der Waals surface area (Å²) in [6, 6.07) is 20.8. The third-order valence-electron chi connectivity index (χ3n) is 4.06. The highest BCUT2D eigenvalue weighted by Crippen LogP contribution is 2.35. The number of nitriles is 1. The molecule has 0 aliphatic carbocycles. The van der Waals surface area contributed by atoms with E-state index in [9.17, 15) is 5.26 Å². The van der Waals surface area contributed by atoms with Crippen molar-refractivity contribution in [2.45, 2.75) is 6.92 Å². The van der Waals surface area contributed by atoms with E-state index in [4.69, 9.17) is 0 Å². The molecule has 0 saturated heterocycles. The van der Waals surface area contributed by atoms with E-state index in [1.165, 1.54) is 0 Å². The molecule has 0 spiro atoms. The Kier molecular flexibility index (Phi) is 3.87. The van der Waals surface area contributed by atoms with Gasteiger partial charge in [0.05, 0.1) is 17.3 Å². The highest BCUT2D eigenvalue weighted by atomic mass is 14.9. The molecule has 2 heteroatoms. The number of para-hydroxylation sites is 1. The predicted octanol–water partition coefficient (Wildman–Crippen LogP) is 5.33. The van der Waals surface area contributed by atoms with E-state index < -0.39 is 0 Å². The first kappa shape index (κ1) is 14.9. The minimum absolute atomic E-state index is 0.610. The summed E-state index contributed by atoms with van der Waals surface area (Å²) in [6.45, 7) is 5.78. The summed E-state index contributed by atoms with van der Waals surface area (Å²) in [4.78, 5) is 0. The average molecular weight is 298 g/mol. The van der Waals surface area contributed by atoms with Gasteiger partial charge in [-0.15, -0.1) is 0 Å². The van der Waals surface area contributed by atoms with E-state index in [1.807, 2.05) is 43.3 Å². The molecule has 0 N–H and O–H groups in total. The van der Waals surface area contributed by atoms with Crippen molar-refractivity contribution in [1.82, 2.24) is 4.57 Å².